The zero-order valence-electron chi connectivity index (χ0n) is 8.59. The van der Waals surface area contributed by atoms with Crippen LogP contribution < -0.4 is 5.73 Å². The van der Waals surface area contributed by atoms with Crippen LogP contribution in [0.2, 0.25) is 5.02 Å². The first-order chi connectivity index (χ1) is 8.15. The molecule has 2 N–H and O–H groups in total. The van der Waals surface area contributed by atoms with Crippen LogP contribution in [0.15, 0.2) is 28.6 Å². The van der Waals surface area contributed by atoms with Gasteiger partial charge < -0.3 is 5.73 Å². The molecule has 0 amide bonds. The van der Waals surface area contributed by atoms with E-state index in [1.807, 2.05) is 0 Å². The Morgan fingerprint density at radius 1 is 1.35 bits per heavy atom. The number of ketones is 1. The van der Waals surface area contributed by atoms with Crippen LogP contribution in [0.3, 0.4) is 0 Å². The van der Waals surface area contributed by atoms with Gasteiger partial charge in [-0.15, -0.1) is 10.2 Å². The highest BCUT2D eigenvalue weighted by Crippen LogP contribution is 2.24. The Kier molecular flexibility index (Phi) is 3.98. The molecule has 0 spiro atoms. The summed E-state index contributed by atoms with van der Waals surface area (Å²) in [5, 5.41) is 8.53. The lowest BCUT2D eigenvalue weighted by atomic mass is 10.1. The van der Waals surface area contributed by atoms with Gasteiger partial charge in [0.25, 0.3) is 0 Å². The molecular formula is C10H8ClN3OS2. The third kappa shape index (κ3) is 3.42. The fourth-order valence-electron chi connectivity index (χ4n) is 1.13. The van der Waals surface area contributed by atoms with E-state index in [-0.39, 0.29) is 5.78 Å². The van der Waals surface area contributed by atoms with E-state index >= 15 is 0 Å². The summed E-state index contributed by atoms with van der Waals surface area (Å²) in [6.07, 6.45) is 0. The zero-order chi connectivity index (χ0) is 12.3. The molecule has 1 aromatic heterocycles. The molecule has 0 unspecified atom stereocenters. The van der Waals surface area contributed by atoms with E-state index in [4.69, 9.17) is 17.3 Å². The van der Waals surface area contributed by atoms with Gasteiger partial charge in [0.05, 0.1) is 5.75 Å². The number of hydrogen-bond acceptors (Lipinski definition) is 6. The molecule has 1 aromatic carbocycles. The number of carbonyl (C=O) groups is 1. The average molecular weight is 286 g/mol. The number of benzene rings is 1. The Morgan fingerprint density at radius 3 is 2.65 bits per heavy atom. The van der Waals surface area contributed by atoms with Gasteiger partial charge in [-0.05, 0) is 24.3 Å². The third-order valence-corrected chi connectivity index (χ3v) is 4.05. The highest BCUT2D eigenvalue weighted by Gasteiger charge is 2.09. The molecule has 0 aliphatic heterocycles. The van der Waals surface area contributed by atoms with E-state index in [1.54, 1.807) is 24.3 Å². The summed E-state index contributed by atoms with van der Waals surface area (Å²) in [7, 11) is 0. The van der Waals surface area contributed by atoms with E-state index < -0.39 is 0 Å². The van der Waals surface area contributed by atoms with Gasteiger partial charge in [-0.3, -0.25) is 4.79 Å². The van der Waals surface area contributed by atoms with Crippen molar-refractivity contribution >= 4 is 45.6 Å². The maximum absolute atomic E-state index is 11.8. The minimum Gasteiger partial charge on any atom is -0.374 e. The summed E-state index contributed by atoms with van der Waals surface area (Å²) in [6, 6.07) is 6.81. The predicted octanol–water partition coefficient (Wildman–Crippen LogP) is 2.75. The summed E-state index contributed by atoms with van der Waals surface area (Å²) in [6.45, 7) is 0. The van der Waals surface area contributed by atoms with Crippen LogP contribution in [0.25, 0.3) is 0 Å². The summed E-state index contributed by atoms with van der Waals surface area (Å²) in [5.74, 6) is 0.344. The van der Waals surface area contributed by atoms with Crippen molar-refractivity contribution in [3.8, 4) is 0 Å². The SMILES string of the molecule is Nc1nnc(SCC(=O)c2ccc(Cl)cc2)s1. The smallest absolute Gasteiger partial charge is 0.203 e. The van der Waals surface area contributed by atoms with Crippen molar-refractivity contribution in [2.45, 2.75) is 4.34 Å². The molecule has 0 bridgehead atoms. The van der Waals surface area contributed by atoms with Crippen LogP contribution in [0.1, 0.15) is 10.4 Å². The molecule has 0 fully saturated rings. The number of thioether (sulfide) groups is 1. The van der Waals surface area contributed by atoms with Crippen molar-refractivity contribution in [3.63, 3.8) is 0 Å². The van der Waals surface area contributed by atoms with Crippen LogP contribution in [-0.4, -0.2) is 21.7 Å². The lowest BCUT2D eigenvalue weighted by molar-refractivity contribution is 0.102. The second-order valence-electron chi connectivity index (χ2n) is 3.12. The lowest BCUT2D eigenvalue weighted by Gasteiger charge is -1.98. The molecule has 0 atom stereocenters. The molecular weight excluding hydrogens is 278 g/mol. The van der Waals surface area contributed by atoms with Crippen molar-refractivity contribution in [3.05, 3.63) is 34.9 Å². The number of nitrogens with zero attached hydrogens (tertiary/aromatic N) is 2. The highest BCUT2D eigenvalue weighted by molar-refractivity contribution is 8.01. The molecule has 0 radical (unpaired) electrons. The number of halogens is 1. The number of nitrogens with two attached hydrogens (primary N) is 1. The number of rotatable bonds is 4. The van der Waals surface area contributed by atoms with Gasteiger partial charge in [0.2, 0.25) is 5.13 Å². The van der Waals surface area contributed by atoms with Gasteiger partial charge in [0.15, 0.2) is 10.1 Å². The van der Waals surface area contributed by atoms with Crippen LogP contribution in [0, 0.1) is 0 Å². The van der Waals surface area contributed by atoms with E-state index in [2.05, 4.69) is 10.2 Å². The number of hydrogen-bond donors (Lipinski definition) is 1. The van der Waals surface area contributed by atoms with Gasteiger partial charge in [-0.25, -0.2) is 0 Å². The predicted molar refractivity (Wildman–Crippen MR) is 70.8 cm³/mol. The van der Waals surface area contributed by atoms with Gasteiger partial charge in [-0.1, -0.05) is 34.7 Å². The maximum atomic E-state index is 11.8. The van der Waals surface area contributed by atoms with E-state index in [1.165, 1.54) is 23.1 Å². The molecule has 88 valence electrons. The first kappa shape index (κ1) is 12.3. The second-order valence-corrected chi connectivity index (χ2v) is 5.79. The van der Waals surface area contributed by atoms with Gasteiger partial charge in [0, 0.05) is 10.6 Å². The third-order valence-electron chi connectivity index (χ3n) is 1.92. The van der Waals surface area contributed by atoms with Crippen molar-refractivity contribution in [2.75, 3.05) is 11.5 Å². The molecule has 2 rings (SSSR count). The second kappa shape index (κ2) is 5.48. The summed E-state index contributed by atoms with van der Waals surface area (Å²) in [5.41, 5.74) is 6.08. The van der Waals surface area contributed by atoms with Crippen molar-refractivity contribution in [1.29, 1.82) is 0 Å². The van der Waals surface area contributed by atoms with E-state index in [9.17, 15) is 4.79 Å². The van der Waals surface area contributed by atoms with Crippen LogP contribution in [-0.2, 0) is 0 Å². The van der Waals surface area contributed by atoms with E-state index in [0.29, 0.717) is 25.8 Å². The number of aromatic nitrogens is 2. The van der Waals surface area contributed by atoms with Crippen molar-refractivity contribution in [2.24, 2.45) is 0 Å². The van der Waals surface area contributed by atoms with Gasteiger partial charge in [-0.2, -0.15) is 0 Å². The Hall–Kier alpha value is -1.11. The van der Waals surface area contributed by atoms with E-state index in [0.717, 1.165) is 0 Å². The van der Waals surface area contributed by atoms with Crippen LogP contribution in [0.5, 0.6) is 0 Å². The Morgan fingerprint density at radius 2 is 2.06 bits per heavy atom. The Balaban J connectivity index is 1.95. The summed E-state index contributed by atoms with van der Waals surface area (Å²) >= 11 is 8.35. The largest absolute Gasteiger partial charge is 0.374 e. The molecule has 2 aromatic rings. The highest BCUT2D eigenvalue weighted by atomic mass is 35.5. The minimum absolute atomic E-state index is 0.0282. The number of anilines is 1. The first-order valence-electron chi connectivity index (χ1n) is 4.65. The molecule has 7 heteroatoms. The molecule has 0 saturated carbocycles. The molecule has 17 heavy (non-hydrogen) atoms. The molecule has 0 aliphatic carbocycles. The Bertz CT molecular complexity index is 527. The monoisotopic (exact) mass is 285 g/mol. The van der Waals surface area contributed by atoms with Crippen LogP contribution in [0.4, 0.5) is 5.13 Å². The molecule has 0 saturated heterocycles. The quantitative estimate of drug-likeness (QED) is 0.691. The fourth-order valence-corrected chi connectivity index (χ4v) is 2.78. The normalized spacial score (nSPS) is 10.4. The van der Waals surface area contributed by atoms with Gasteiger partial charge in [0.1, 0.15) is 0 Å². The average Bonchev–Trinajstić information content (AvgIpc) is 2.73. The maximum Gasteiger partial charge on any atom is 0.203 e. The zero-order valence-corrected chi connectivity index (χ0v) is 11.0. The topological polar surface area (TPSA) is 68.9 Å². The molecule has 0 aliphatic rings. The van der Waals surface area contributed by atoms with Crippen molar-refractivity contribution in [1.82, 2.24) is 10.2 Å². The number of carbonyl (C=O) groups excluding carboxylic acids is 1. The lowest BCUT2D eigenvalue weighted by Crippen LogP contribution is -2.01. The molecule has 4 nitrogen and oxygen atoms in total. The molecule has 1 heterocycles. The Labute approximate surface area is 111 Å². The summed E-state index contributed by atoms with van der Waals surface area (Å²) in [4.78, 5) is 11.8. The van der Waals surface area contributed by atoms with Crippen LogP contribution >= 0.6 is 34.7 Å². The first-order valence-corrected chi connectivity index (χ1v) is 6.84. The number of Topliss-reactive ketones (excluding diaryl/α,β-unsaturated/α-hetero) is 1. The van der Waals surface area contributed by atoms with Gasteiger partial charge >= 0.3 is 0 Å². The summed E-state index contributed by atoms with van der Waals surface area (Å²) < 4.78 is 0.699. The standard InChI is InChI=1S/C10H8ClN3OS2/c11-7-3-1-6(2-4-7)8(15)5-16-10-14-13-9(12)17-10/h1-4H,5H2,(H2,12,13). The van der Waals surface area contributed by atoms with Crippen molar-refractivity contribution < 1.29 is 4.79 Å². The number of nitrogen functional groups attached to an aromatic ring is 1. The fraction of sp³-hybridized carbons (Fsp3) is 0.100. The minimum atomic E-state index is 0.0282.